The van der Waals surface area contributed by atoms with Crippen molar-refractivity contribution in [2.24, 2.45) is 0 Å². The van der Waals surface area contributed by atoms with Crippen molar-refractivity contribution in [1.29, 1.82) is 5.26 Å². The van der Waals surface area contributed by atoms with E-state index in [1.165, 1.54) is 28.6 Å². The van der Waals surface area contributed by atoms with E-state index in [1.807, 2.05) is 6.07 Å². The topological polar surface area (TPSA) is 90.3 Å². The molecule has 0 saturated carbocycles. The van der Waals surface area contributed by atoms with E-state index in [-0.39, 0.29) is 15.5 Å². The second kappa shape index (κ2) is 8.32. The van der Waals surface area contributed by atoms with E-state index in [1.54, 1.807) is 32.0 Å². The van der Waals surface area contributed by atoms with Crippen molar-refractivity contribution < 1.29 is 13.2 Å². The largest absolute Gasteiger partial charge is 0.322 e. The Morgan fingerprint density at radius 2 is 1.88 bits per heavy atom. The number of benzene rings is 2. The van der Waals surface area contributed by atoms with Gasteiger partial charge >= 0.3 is 0 Å². The Labute approximate surface area is 158 Å². The van der Waals surface area contributed by atoms with E-state index in [0.717, 1.165) is 0 Å². The van der Waals surface area contributed by atoms with Gasteiger partial charge in [0.1, 0.15) is 0 Å². The van der Waals surface area contributed by atoms with Crippen LogP contribution < -0.4 is 5.32 Å². The maximum absolute atomic E-state index is 12.6. The van der Waals surface area contributed by atoms with Gasteiger partial charge in [0.15, 0.2) is 0 Å². The average molecular weight is 392 g/mol. The molecule has 0 heterocycles. The molecule has 0 atom stereocenters. The third kappa shape index (κ3) is 4.22. The number of nitrogens with zero attached hydrogens (tertiary/aromatic N) is 2. The first-order valence-corrected chi connectivity index (χ1v) is 9.76. The Hall–Kier alpha value is -2.40. The van der Waals surface area contributed by atoms with E-state index >= 15 is 0 Å². The second-order valence-electron chi connectivity index (χ2n) is 5.38. The number of hydrogen-bond donors (Lipinski definition) is 1. The van der Waals surface area contributed by atoms with Crippen LogP contribution in [-0.2, 0) is 10.0 Å². The highest BCUT2D eigenvalue weighted by Gasteiger charge is 2.24. The molecule has 8 heteroatoms. The molecule has 2 aromatic rings. The fourth-order valence-electron chi connectivity index (χ4n) is 2.42. The first-order chi connectivity index (χ1) is 12.3. The van der Waals surface area contributed by atoms with Crippen molar-refractivity contribution >= 4 is 33.2 Å². The summed E-state index contributed by atoms with van der Waals surface area (Å²) in [4.78, 5) is 12.5. The van der Waals surface area contributed by atoms with Crippen LogP contribution in [0.25, 0.3) is 0 Å². The smallest absolute Gasteiger partial charge is 0.257 e. The molecular weight excluding hydrogens is 374 g/mol. The normalized spacial score (nSPS) is 11.2. The van der Waals surface area contributed by atoms with Crippen LogP contribution in [0.4, 0.5) is 5.69 Å². The summed E-state index contributed by atoms with van der Waals surface area (Å²) in [5, 5.41) is 11.7. The summed E-state index contributed by atoms with van der Waals surface area (Å²) < 4.78 is 26.6. The quantitative estimate of drug-likeness (QED) is 0.815. The van der Waals surface area contributed by atoms with Gasteiger partial charge in [0.2, 0.25) is 10.0 Å². The number of carbonyl (C=O) groups is 1. The minimum Gasteiger partial charge on any atom is -0.322 e. The third-order valence-corrected chi connectivity index (χ3v) is 6.15. The molecule has 6 nitrogen and oxygen atoms in total. The fraction of sp³-hybridized carbons (Fsp3) is 0.222. The number of nitriles is 1. The van der Waals surface area contributed by atoms with Crippen LogP contribution in [0, 0.1) is 11.3 Å². The zero-order valence-electron chi connectivity index (χ0n) is 14.4. The van der Waals surface area contributed by atoms with Crippen LogP contribution in [0.1, 0.15) is 29.8 Å². The number of amides is 1. The van der Waals surface area contributed by atoms with E-state index < -0.39 is 15.9 Å². The van der Waals surface area contributed by atoms with Gasteiger partial charge in [-0.1, -0.05) is 31.5 Å². The van der Waals surface area contributed by atoms with Gasteiger partial charge in [0, 0.05) is 18.8 Å². The monoisotopic (exact) mass is 391 g/mol. The number of sulfonamides is 1. The highest BCUT2D eigenvalue weighted by Crippen LogP contribution is 2.24. The molecule has 0 aromatic heterocycles. The summed E-state index contributed by atoms with van der Waals surface area (Å²) in [7, 11) is -3.71. The third-order valence-electron chi connectivity index (χ3n) is 3.78. The summed E-state index contributed by atoms with van der Waals surface area (Å²) in [5.74, 6) is -0.554. The van der Waals surface area contributed by atoms with Gasteiger partial charge in [0.05, 0.1) is 27.1 Å². The first-order valence-electron chi connectivity index (χ1n) is 7.94. The minimum absolute atomic E-state index is 0.00141. The Kier molecular flexibility index (Phi) is 6.37. The zero-order chi connectivity index (χ0) is 19.3. The minimum atomic E-state index is -3.71. The average Bonchev–Trinajstić information content (AvgIpc) is 2.62. The fourth-order valence-corrected chi connectivity index (χ4v) is 4.10. The molecule has 0 bridgehead atoms. The summed E-state index contributed by atoms with van der Waals surface area (Å²) in [6, 6.07) is 12.4. The van der Waals surface area contributed by atoms with Crippen molar-refractivity contribution in [3.05, 3.63) is 58.6 Å². The predicted octanol–water partition coefficient (Wildman–Crippen LogP) is 3.49. The van der Waals surface area contributed by atoms with Crippen LogP contribution in [0.3, 0.4) is 0 Å². The summed E-state index contributed by atoms with van der Waals surface area (Å²) in [5.41, 5.74) is 0.858. The molecule has 0 fully saturated rings. The SMILES string of the molecule is CCN(CC)S(=O)(=O)c1ccc(Cl)c(C(=O)Nc2cccc(C#N)c2)c1. The lowest BCUT2D eigenvalue weighted by atomic mass is 10.2. The molecule has 0 spiro atoms. The summed E-state index contributed by atoms with van der Waals surface area (Å²) >= 11 is 6.09. The molecule has 2 aromatic carbocycles. The molecule has 0 radical (unpaired) electrons. The number of anilines is 1. The molecule has 0 saturated heterocycles. The lowest BCUT2D eigenvalue weighted by molar-refractivity contribution is 0.102. The Bertz CT molecular complexity index is 964. The van der Waals surface area contributed by atoms with Gasteiger partial charge in [-0.15, -0.1) is 0 Å². The molecule has 2 rings (SSSR count). The zero-order valence-corrected chi connectivity index (χ0v) is 15.9. The predicted molar refractivity (Wildman–Crippen MR) is 101 cm³/mol. The number of rotatable bonds is 6. The lowest BCUT2D eigenvalue weighted by Crippen LogP contribution is -2.30. The van der Waals surface area contributed by atoms with E-state index in [2.05, 4.69) is 5.32 Å². The highest BCUT2D eigenvalue weighted by molar-refractivity contribution is 7.89. The van der Waals surface area contributed by atoms with Crippen LogP contribution in [0.5, 0.6) is 0 Å². The Morgan fingerprint density at radius 1 is 1.19 bits per heavy atom. The second-order valence-corrected chi connectivity index (χ2v) is 7.72. The maximum atomic E-state index is 12.6. The number of hydrogen-bond acceptors (Lipinski definition) is 4. The van der Waals surface area contributed by atoms with Gasteiger partial charge in [-0.2, -0.15) is 9.57 Å². The summed E-state index contributed by atoms with van der Waals surface area (Å²) in [6.45, 7) is 4.13. The Balaban J connectivity index is 2.38. The van der Waals surface area contributed by atoms with Gasteiger partial charge in [0.25, 0.3) is 5.91 Å². The first kappa shape index (κ1) is 19.9. The molecule has 0 aliphatic rings. The molecule has 1 N–H and O–H groups in total. The number of nitrogens with one attached hydrogen (secondary N) is 1. The van der Waals surface area contributed by atoms with E-state index in [4.69, 9.17) is 16.9 Å². The molecule has 26 heavy (non-hydrogen) atoms. The highest BCUT2D eigenvalue weighted by atomic mass is 35.5. The standard InChI is InChI=1S/C18H18ClN3O3S/c1-3-22(4-2)26(24,25)15-8-9-17(19)16(11-15)18(23)21-14-7-5-6-13(10-14)12-20/h5-11H,3-4H2,1-2H3,(H,21,23). The van der Waals surface area contributed by atoms with Crippen LogP contribution >= 0.6 is 11.6 Å². The molecule has 1 amide bonds. The van der Waals surface area contributed by atoms with E-state index in [0.29, 0.717) is 24.3 Å². The van der Waals surface area contributed by atoms with Gasteiger partial charge in [-0.3, -0.25) is 4.79 Å². The van der Waals surface area contributed by atoms with Gasteiger partial charge < -0.3 is 5.32 Å². The molecule has 0 aliphatic carbocycles. The Morgan fingerprint density at radius 3 is 2.50 bits per heavy atom. The summed E-state index contributed by atoms with van der Waals surface area (Å²) in [6.07, 6.45) is 0. The van der Waals surface area contributed by atoms with Gasteiger partial charge in [-0.05, 0) is 36.4 Å². The van der Waals surface area contributed by atoms with Crippen molar-refractivity contribution in [3.63, 3.8) is 0 Å². The lowest BCUT2D eigenvalue weighted by Gasteiger charge is -2.19. The molecular formula is C18H18ClN3O3S. The van der Waals surface area contributed by atoms with Crippen molar-refractivity contribution in [1.82, 2.24) is 4.31 Å². The maximum Gasteiger partial charge on any atom is 0.257 e. The van der Waals surface area contributed by atoms with Crippen molar-refractivity contribution in [2.75, 3.05) is 18.4 Å². The van der Waals surface area contributed by atoms with Crippen molar-refractivity contribution in [2.45, 2.75) is 18.7 Å². The van der Waals surface area contributed by atoms with Crippen LogP contribution in [0.15, 0.2) is 47.4 Å². The van der Waals surface area contributed by atoms with E-state index in [9.17, 15) is 13.2 Å². The van der Waals surface area contributed by atoms with Crippen LogP contribution in [0.2, 0.25) is 5.02 Å². The van der Waals surface area contributed by atoms with Gasteiger partial charge in [-0.25, -0.2) is 8.42 Å². The number of carbonyl (C=O) groups excluding carboxylic acids is 1. The molecule has 0 aliphatic heterocycles. The van der Waals surface area contributed by atoms with Crippen molar-refractivity contribution in [3.8, 4) is 6.07 Å². The van der Waals surface area contributed by atoms with Crippen LogP contribution in [-0.4, -0.2) is 31.7 Å². The molecule has 0 unspecified atom stereocenters. The molecule has 136 valence electrons. The number of halogens is 1.